The van der Waals surface area contributed by atoms with Crippen molar-refractivity contribution < 1.29 is 58.3 Å². The van der Waals surface area contributed by atoms with E-state index in [2.05, 4.69) is 27.7 Å². The number of carbonyl (C=O) groups is 4. The summed E-state index contributed by atoms with van der Waals surface area (Å²) in [7, 11) is 0. The Balaban J connectivity index is -0.00000140. The number of rotatable bonds is 62. The molecule has 0 spiro atoms. The molecule has 0 aliphatic carbocycles. The molecule has 0 N–H and O–H groups in total. The molecule has 0 saturated heterocycles. The zero-order valence-electron chi connectivity index (χ0n) is 52.1. The van der Waals surface area contributed by atoms with Crippen LogP contribution in [0.4, 0.5) is 0 Å². The standard InChI is InChI=1S/2C34H66O4.Zn/c2*1-3-5-7-9-11-13-15-17-19-21-23-25-27-29-34(37)38-32(30-31-33(35)36)28-26-24-22-20-18-16-14-12-10-8-6-4-2;/h2*32H,3-31H2,1-2H3,(H,35,36);/q;;+2/p-2. The number of hydrogen-bond acceptors (Lipinski definition) is 8. The summed E-state index contributed by atoms with van der Waals surface area (Å²) in [5.41, 5.74) is 0. The molecule has 2 unspecified atom stereocenters. The molecule has 0 aliphatic rings. The SMILES string of the molecule is CCCCCCCCCCCCCCCC(=O)OC(CCCCCCCCCCCCCC)CCC(=O)[O-].CCCCCCCCCCCCCCCC(=O)OC(CCCCCCCCCCCCCC)CCC(=O)[O-].[Zn+2]. The third kappa shape index (κ3) is 70.6. The number of unbranched alkanes of at least 4 members (excludes halogenated alkanes) is 46. The average Bonchev–Trinajstić information content (AvgIpc) is 3.40. The minimum absolute atomic E-state index is 0. The van der Waals surface area contributed by atoms with Crippen LogP contribution in [0.5, 0.6) is 0 Å². The Kier molecular flexibility index (Phi) is 71.2. The monoisotopic (exact) mass is 1140 g/mol. The predicted octanol–water partition coefficient (Wildman–Crippen LogP) is 20.0. The number of ether oxygens (including phenoxy) is 2. The average molecular weight is 1140 g/mol. The second-order valence-corrected chi connectivity index (χ2v) is 23.4. The molecule has 0 heterocycles. The van der Waals surface area contributed by atoms with Crippen molar-refractivity contribution in [3.8, 4) is 0 Å². The second-order valence-electron chi connectivity index (χ2n) is 23.4. The van der Waals surface area contributed by atoms with Crippen LogP contribution in [0.25, 0.3) is 0 Å². The molecule has 2 atom stereocenters. The van der Waals surface area contributed by atoms with Gasteiger partial charge in [-0.2, -0.15) is 0 Å². The fraction of sp³-hybridized carbons (Fsp3) is 0.941. The summed E-state index contributed by atoms with van der Waals surface area (Å²) in [5.74, 6) is -2.43. The van der Waals surface area contributed by atoms with Crippen LogP contribution in [0, 0.1) is 0 Å². The summed E-state index contributed by atoms with van der Waals surface area (Å²) < 4.78 is 11.4. The Bertz CT molecular complexity index is 1110. The zero-order valence-corrected chi connectivity index (χ0v) is 55.1. The first-order valence-corrected chi connectivity index (χ1v) is 34.0. The molecule has 0 rings (SSSR count). The van der Waals surface area contributed by atoms with Gasteiger partial charge in [0.05, 0.1) is 0 Å². The van der Waals surface area contributed by atoms with Crippen molar-refractivity contribution >= 4 is 23.9 Å². The van der Waals surface area contributed by atoms with E-state index in [9.17, 15) is 29.4 Å². The van der Waals surface area contributed by atoms with Crippen LogP contribution in [0.3, 0.4) is 0 Å². The van der Waals surface area contributed by atoms with Gasteiger partial charge in [0, 0.05) is 24.8 Å². The van der Waals surface area contributed by atoms with Crippen LogP contribution >= 0.6 is 0 Å². The minimum Gasteiger partial charge on any atom is -0.550 e. The van der Waals surface area contributed by atoms with Crippen LogP contribution < -0.4 is 10.2 Å². The van der Waals surface area contributed by atoms with E-state index >= 15 is 0 Å². The maximum absolute atomic E-state index is 12.3. The number of carbonyl (C=O) groups excluding carboxylic acids is 4. The van der Waals surface area contributed by atoms with E-state index in [1.807, 2.05) is 0 Å². The third-order valence-electron chi connectivity index (χ3n) is 15.7. The third-order valence-corrected chi connectivity index (χ3v) is 15.7. The molecule has 0 bridgehead atoms. The Hall–Kier alpha value is -1.50. The van der Waals surface area contributed by atoms with Gasteiger partial charge in [-0.15, -0.1) is 0 Å². The first-order chi connectivity index (χ1) is 37.2. The van der Waals surface area contributed by atoms with E-state index in [0.29, 0.717) is 25.7 Å². The maximum atomic E-state index is 12.3. The molecule has 452 valence electrons. The summed E-state index contributed by atoms with van der Waals surface area (Å²) in [4.78, 5) is 46.5. The van der Waals surface area contributed by atoms with Gasteiger partial charge < -0.3 is 29.3 Å². The topological polar surface area (TPSA) is 133 Å². The number of carboxylic acids is 2. The molecule has 0 aliphatic heterocycles. The van der Waals surface area contributed by atoms with Crippen molar-refractivity contribution in [3.05, 3.63) is 0 Å². The van der Waals surface area contributed by atoms with Crippen molar-refractivity contribution in [2.24, 2.45) is 0 Å². The van der Waals surface area contributed by atoms with Gasteiger partial charge in [-0.25, -0.2) is 0 Å². The Morgan fingerprint density at radius 2 is 0.416 bits per heavy atom. The van der Waals surface area contributed by atoms with Gasteiger partial charge >= 0.3 is 31.4 Å². The molecule has 0 fully saturated rings. The van der Waals surface area contributed by atoms with Crippen molar-refractivity contribution in [2.45, 2.75) is 412 Å². The summed E-state index contributed by atoms with van der Waals surface area (Å²) in [6.07, 6.45) is 67.0. The molecule has 0 aromatic heterocycles. The molecule has 0 radical (unpaired) electrons. The van der Waals surface area contributed by atoms with Crippen molar-refractivity contribution in [2.75, 3.05) is 0 Å². The number of hydrogen-bond donors (Lipinski definition) is 0. The number of carboxylic acid groups (broad SMARTS) is 2. The van der Waals surface area contributed by atoms with Gasteiger partial charge in [-0.1, -0.05) is 323 Å². The predicted molar refractivity (Wildman–Crippen MR) is 320 cm³/mol. The van der Waals surface area contributed by atoms with Crippen LogP contribution in [-0.2, 0) is 48.1 Å². The van der Waals surface area contributed by atoms with Crippen LogP contribution in [-0.4, -0.2) is 36.1 Å². The van der Waals surface area contributed by atoms with E-state index in [-0.39, 0.29) is 56.5 Å². The molecule has 9 heteroatoms. The van der Waals surface area contributed by atoms with E-state index in [0.717, 1.165) is 64.2 Å². The second kappa shape index (κ2) is 68.8. The molecule has 0 saturated carbocycles. The van der Waals surface area contributed by atoms with Gasteiger partial charge in [0.2, 0.25) is 0 Å². The molecule has 8 nitrogen and oxygen atoms in total. The molecular weight excluding hydrogens is 1010 g/mol. The summed E-state index contributed by atoms with van der Waals surface area (Å²) in [5, 5.41) is 21.8. The summed E-state index contributed by atoms with van der Waals surface area (Å²) >= 11 is 0. The molecule has 0 aromatic rings. The first-order valence-electron chi connectivity index (χ1n) is 34.0. The van der Waals surface area contributed by atoms with Crippen molar-refractivity contribution in [1.29, 1.82) is 0 Å². The van der Waals surface area contributed by atoms with Gasteiger partial charge in [-0.3, -0.25) is 9.59 Å². The first kappa shape index (κ1) is 79.7. The minimum atomic E-state index is -1.06. The molecule has 77 heavy (non-hydrogen) atoms. The van der Waals surface area contributed by atoms with Crippen LogP contribution in [0.1, 0.15) is 400 Å². The fourth-order valence-corrected chi connectivity index (χ4v) is 10.6. The summed E-state index contributed by atoms with van der Waals surface area (Å²) in [6, 6.07) is 0. The molecular formula is C68H130O8Zn. The number of esters is 2. The Morgan fingerprint density at radius 1 is 0.247 bits per heavy atom. The van der Waals surface area contributed by atoms with Gasteiger partial charge in [0.1, 0.15) is 12.2 Å². The number of aliphatic carboxylic acids is 2. The molecule has 0 amide bonds. The zero-order chi connectivity index (χ0) is 55.9. The van der Waals surface area contributed by atoms with E-state index in [1.54, 1.807) is 0 Å². The largest absolute Gasteiger partial charge is 2.00 e. The van der Waals surface area contributed by atoms with E-state index < -0.39 is 11.9 Å². The van der Waals surface area contributed by atoms with Crippen LogP contribution in [0.2, 0.25) is 0 Å². The fourth-order valence-electron chi connectivity index (χ4n) is 10.6. The van der Waals surface area contributed by atoms with E-state index in [1.165, 1.54) is 270 Å². The van der Waals surface area contributed by atoms with Gasteiger partial charge in [0.25, 0.3) is 0 Å². The smallest absolute Gasteiger partial charge is 0.550 e. The summed E-state index contributed by atoms with van der Waals surface area (Å²) in [6.45, 7) is 9.05. The van der Waals surface area contributed by atoms with Crippen molar-refractivity contribution in [3.63, 3.8) is 0 Å². The Labute approximate surface area is 492 Å². The normalized spacial score (nSPS) is 11.9. The van der Waals surface area contributed by atoms with Crippen molar-refractivity contribution in [1.82, 2.24) is 0 Å². The Morgan fingerprint density at radius 3 is 0.597 bits per heavy atom. The van der Waals surface area contributed by atoms with Gasteiger partial charge in [-0.05, 0) is 64.2 Å². The quantitative estimate of drug-likeness (QED) is 0.0334. The van der Waals surface area contributed by atoms with E-state index in [4.69, 9.17) is 9.47 Å². The van der Waals surface area contributed by atoms with Crippen LogP contribution in [0.15, 0.2) is 0 Å². The molecule has 0 aromatic carbocycles. The van der Waals surface area contributed by atoms with Gasteiger partial charge in [0.15, 0.2) is 0 Å². The maximum Gasteiger partial charge on any atom is 2.00 e.